The Kier molecular flexibility index (Phi) is 3.62. The highest BCUT2D eigenvalue weighted by Gasteiger charge is 2.31. The Hall–Kier alpha value is -1.36. The van der Waals surface area contributed by atoms with Crippen LogP contribution in [0.15, 0.2) is 16.5 Å². The Balaban J connectivity index is 2.65. The summed E-state index contributed by atoms with van der Waals surface area (Å²) in [6.07, 6.45) is 0. The average Bonchev–Trinajstić information content (AvgIpc) is 2.60. The maximum Gasteiger partial charge on any atom is 0.257 e. The van der Waals surface area contributed by atoms with Crippen molar-refractivity contribution in [3.05, 3.63) is 23.7 Å². The molecule has 5 heteroatoms. The van der Waals surface area contributed by atoms with Crippen molar-refractivity contribution in [2.45, 2.75) is 39.0 Å². The van der Waals surface area contributed by atoms with Gasteiger partial charge in [-0.15, -0.1) is 0 Å². The second-order valence-corrected chi connectivity index (χ2v) is 4.84. The minimum absolute atomic E-state index is 0.105. The van der Waals surface area contributed by atoms with Gasteiger partial charge in [-0.05, 0) is 39.8 Å². The minimum atomic E-state index is -1.96. The number of rotatable bonds is 4. The number of carbonyl (C=O) groups is 1. The van der Waals surface area contributed by atoms with Gasteiger partial charge >= 0.3 is 0 Å². The van der Waals surface area contributed by atoms with E-state index in [4.69, 9.17) is 4.42 Å². The van der Waals surface area contributed by atoms with Crippen LogP contribution in [0.4, 0.5) is 4.39 Å². The Labute approximate surface area is 99.8 Å². The predicted molar refractivity (Wildman–Crippen MR) is 61.2 cm³/mol. The van der Waals surface area contributed by atoms with Crippen LogP contribution in [-0.2, 0) is 10.4 Å². The zero-order valence-corrected chi connectivity index (χ0v) is 10.5. The average molecular weight is 243 g/mol. The molecule has 1 atom stereocenters. The van der Waals surface area contributed by atoms with Gasteiger partial charge < -0.3 is 14.8 Å². The van der Waals surface area contributed by atoms with E-state index in [2.05, 4.69) is 5.32 Å². The highest BCUT2D eigenvalue weighted by Crippen LogP contribution is 2.22. The molecule has 0 spiro atoms. The van der Waals surface area contributed by atoms with Crippen molar-refractivity contribution in [3.8, 4) is 0 Å². The van der Waals surface area contributed by atoms with Gasteiger partial charge in [0.2, 0.25) is 0 Å². The van der Waals surface area contributed by atoms with Crippen molar-refractivity contribution >= 4 is 5.91 Å². The maximum atomic E-state index is 13.2. The molecule has 1 unspecified atom stereocenters. The lowest BCUT2D eigenvalue weighted by Gasteiger charge is -2.23. The molecular weight excluding hydrogens is 225 g/mol. The summed E-state index contributed by atoms with van der Waals surface area (Å²) in [6.45, 7) is 5.47. The highest BCUT2D eigenvalue weighted by atomic mass is 19.1. The van der Waals surface area contributed by atoms with Crippen molar-refractivity contribution in [1.82, 2.24) is 5.32 Å². The Morgan fingerprint density at radius 3 is 2.47 bits per heavy atom. The fourth-order valence-electron chi connectivity index (χ4n) is 1.27. The number of aryl methyl sites for hydroxylation is 1. The van der Waals surface area contributed by atoms with Gasteiger partial charge in [0, 0.05) is 0 Å². The van der Waals surface area contributed by atoms with E-state index in [1.807, 2.05) is 0 Å². The van der Waals surface area contributed by atoms with Crippen LogP contribution in [0.2, 0.25) is 0 Å². The van der Waals surface area contributed by atoms with Crippen molar-refractivity contribution < 1.29 is 18.7 Å². The third-order valence-electron chi connectivity index (χ3n) is 2.40. The summed E-state index contributed by atoms with van der Waals surface area (Å²) in [5.41, 5.74) is -3.32. The van der Waals surface area contributed by atoms with Gasteiger partial charge in [-0.1, -0.05) is 0 Å². The summed E-state index contributed by atoms with van der Waals surface area (Å²) in [4.78, 5) is 11.3. The number of alkyl halides is 1. The zero-order valence-electron chi connectivity index (χ0n) is 10.5. The molecule has 1 heterocycles. The molecule has 0 saturated carbocycles. The number of carbonyl (C=O) groups excluding carboxylic acids is 1. The molecule has 1 aromatic rings. The first-order chi connectivity index (χ1) is 7.63. The van der Waals surface area contributed by atoms with Crippen LogP contribution in [0.3, 0.4) is 0 Å². The van der Waals surface area contributed by atoms with Crippen LogP contribution in [0.25, 0.3) is 0 Å². The van der Waals surface area contributed by atoms with Crippen LogP contribution in [0.5, 0.6) is 0 Å². The number of nitrogens with one attached hydrogen (secondary N) is 1. The van der Waals surface area contributed by atoms with Gasteiger partial charge in [0.1, 0.15) is 17.1 Å². The second-order valence-electron chi connectivity index (χ2n) is 4.84. The number of aliphatic hydroxyl groups is 1. The summed E-state index contributed by atoms with van der Waals surface area (Å²) >= 11 is 0. The molecule has 0 radical (unpaired) electrons. The number of furan rings is 1. The summed E-state index contributed by atoms with van der Waals surface area (Å²) in [6, 6.07) is 3.34. The molecular formula is C12H18FNO3. The lowest BCUT2D eigenvalue weighted by molar-refractivity contribution is -0.132. The maximum absolute atomic E-state index is 13.2. The van der Waals surface area contributed by atoms with Crippen LogP contribution in [0, 0.1) is 6.92 Å². The molecule has 0 aliphatic heterocycles. The number of amides is 1. The first-order valence-corrected chi connectivity index (χ1v) is 5.39. The first kappa shape index (κ1) is 13.7. The molecule has 0 bridgehead atoms. The van der Waals surface area contributed by atoms with E-state index in [0.717, 1.165) is 13.8 Å². The quantitative estimate of drug-likeness (QED) is 0.845. The molecule has 1 amide bonds. The van der Waals surface area contributed by atoms with Crippen molar-refractivity contribution in [2.24, 2.45) is 0 Å². The van der Waals surface area contributed by atoms with Crippen molar-refractivity contribution in [2.75, 3.05) is 6.54 Å². The van der Waals surface area contributed by atoms with E-state index in [9.17, 15) is 14.3 Å². The molecule has 2 N–H and O–H groups in total. The van der Waals surface area contributed by atoms with Gasteiger partial charge in [0.15, 0.2) is 5.67 Å². The normalized spacial score (nSPS) is 15.4. The number of hydrogen-bond acceptors (Lipinski definition) is 3. The fourth-order valence-corrected chi connectivity index (χ4v) is 1.27. The number of halogens is 1. The summed E-state index contributed by atoms with van der Waals surface area (Å²) in [7, 11) is 0. The molecule has 96 valence electrons. The molecule has 0 aliphatic carbocycles. The molecule has 0 saturated heterocycles. The first-order valence-electron chi connectivity index (χ1n) is 5.39. The molecule has 0 aromatic carbocycles. The summed E-state index contributed by atoms with van der Waals surface area (Å²) in [5, 5.41) is 12.4. The second kappa shape index (κ2) is 4.49. The van der Waals surface area contributed by atoms with Crippen LogP contribution in [-0.4, -0.2) is 23.2 Å². The van der Waals surface area contributed by atoms with E-state index in [1.54, 1.807) is 19.1 Å². The van der Waals surface area contributed by atoms with Gasteiger partial charge in [0.25, 0.3) is 5.91 Å². The van der Waals surface area contributed by atoms with E-state index in [1.165, 1.54) is 6.92 Å². The van der Waals surface area contributed by atoms with E-state index >= 15 is 0 Å². The molecule has 0 fully saturated rings. The molecule has 4 nitrogen and oxygen atoms in total. The van der Waals surface area contributed by atoms with E-state index < -0.39 is 17.2 Å². The van der Waals surface area contributed by atoms with Crippen LogP contribution < -0.4 is 5.32 Å². The van der Waals surface area contributed by atoms with Gasteiger partial charge in [-0.3, -0.25) is 4.79 Å². The molecule has 0 aliphatic rings. The van der Waals surface area contributed by atoms with Gasteiger partial charge in [-0.2, -0.15) is 0 Å². The van der Waals surface area contributed by atoms with Gasteiger partial charge in [0.05, 0.1) is 6.54 Å². The molecule has 17 heavy (non-hydrogen) atoms. The standard InChI is InChI=1S/C12H18FNO3/c1-8-5-6-9(17-8)12(4,16)7-14-10(15)11(2,3)13/h5-6,16H,7H2,1-4H3,(H,14,15). The topological polar surface area (TPSA) is 62.5 Å². The third-order valence-corrected chi connectivity index (χ3v) is 2.40. The van der Waals surface area contributed by atoms with Crippen molar-refractivity contribution in [1.29, 1.82) is 0 Å². The Bertz CT molecular complexity index is 404. The van der Waals surface area contributed by atoms with E-state index in [-0.39, 0.29) is 6.54 Å². The Morgan fingerprint density at radius 2 is 2.06 bits per heavy atom. The fraction of sp³-hybridized carbons (Fsp3) is 0.583. The third kappa shape index (κ3) is 3.56. The minimum Gasteiger partial charge on any atom is -0.463 e. The van der Waals surface area contributed by atoms with E-state index in [0.29, 0.717) is 11.5 Å². The highest BCUT2D eigenvalue weighted by molar-refractivity contribution is 5.84. The summed E-state index contributed by atoms with van der Waals surface area (Å²) in [5.74, 6) is 0.241. The molecule has 1 aromatic heterocycles. The van der Waals surface area contributed by atoms with Gasteiger partial charge in [-0.25, -0.2) is 4.39 Å². The SMILES string of the molecule is Cc1ccc(C(C)(O)CNC(=O)C(C)(C)F)o1. The number of hydrogen-bond donors (Lipinski definition) is 2. The smallest absolute Gasteiger partial charge is 0.257 e. The van der Waals surface area contributed by atoms with Crippen LogP contribution >= 0.6 is 0 Å². The predicted octanol–water partition coefficient (Wildman–Crippen LogP) is 1.66. The largest absolute Gasteiger partial charge is 0.463 e. The van der Waals surface area contributed by atoms with Crippen LogP contribution in [0.1, 0.15) is 32.3 Å². The molecule has 1 rings (SSSR count). The lowest BCUT2D eigenvalue weighted by Crippen LogP contribution is -2.45. The monoisotopic (exact) mass is 243 g/mol. The zero-order chi connectivity index (χ0) is 13.3. The van der Waals surface area contributed by atoms with Crippen molar-refractivity contribution in [3.63, 3.8) is 0 Å². The lowest BCUT2D eigenvalue weighted by atomic mass is 10.0. The Morgan fingerprint density at radius 1 is 1.47 bits per heavy atom. The summed E-state index contributed by atoms with van der Waals surface area (Å²) < 4.78 is 18.5.